The van der Waals surface area contributed by atoms with Gasteiger partial charge in [-0.1, -0.05) is 36.2 Å². The molecule has 1 aromatic carbocycles. The van der Waals surface area contributed by atoms with E-state index in [2.05, 4.69) is 23.5 Å². The monoisotopic (exact) mass is 297 g/mol. The number of hydrogen-bond acceptors (Lipinski definition) is 3. The van der Waals surface area contributed by atoms with Crippen LogP contribution in [0.25, 0.3) is 0 Å². The molecule has 1 atom stereocenters. The number of rotatable bonds is 5. The van der Waals surface area contributed by atoms with Gasteiger partial charge in [-0.3, -0.25) is 0 Å². The fraction of sp³-hybridized carbons (Fsp3) is 0.625. The zero-order valence-electron chi connectivity index (χ0n) is 13.4. The summed E-state index contributed by atoms with van der Waals surface area (Å²) in [5, 5.41) is 3.30. The first-order valence-electron chi connectivity index (χ1n) is 7.10. The van der Waals surface area contributed by atoms with Crippen molar-refractivity contribution in [2.24, 2.45) is 0 Å². The number of benzene rings is 1. The molecule has 0 bridgehead atoms. The third kappa shape index (κ3) is 4.32. The standard InChI is InChI=1S/C16H27NO2S/c1-7-17-15(11-20(18,19)16(4,5)6)14-9-12(2)8-13(3)10-14/h8-10,15,17H,7,11H2,1-6H3. The molecule has 1 N–H and O–H groups in total. The molecule has 4 heteroatoms. The predicted octanol–water partition coefficient (Wildman–Crippen LogP) is 3.17. The molecule has 0 heterocycles. The Bertz CT molecular complexity index is 536. The van der Waals surface area contributed by atoms with E-state index in [-0.39, 0.29) is 11.8 Å². The average molecular weight is 297 g/mol. The molecule has 0 spiro atoms. The van der Waals surface area contributed by atoms with Crippen LogP contribution in [-0.4, -0.2) is 25.5 Å². The van der Waals surface area contributed by atoms with Crippen LogP contribution < -0.4 is 5.32 Å². The molecular weight excluding hydrogens is 270 g/mol. The summed E-state index contributed by atoms with van der Waals surface area (Å²) in [4.78, 5) is 0. The van der Waals surface area contributed by atoms with Crippen LogP contribution in [0.5, 0.6) is 0 Å². The van der Waals surface area contributed by atoms with Crippen molar-refractivity contribution in [3.63, 3.8) is 0 Å². The first-order chi connectivity index (χ1) is 9.06. The highest BCUT2D eigenvalue weighted by Gasteiger charge is 2.32. The maximum atomic E-state index is 12.4. The van der Waals surface area contributed by atoms with Crippen LogP contribution in [0, 0.1) is 13.8 Å². The zero-order chi connectivity index (χ0) is 15.6. The van der Waals surface area contributed by atoms with E-state index in [0.717, 1.165) is 23.2 Å². The maximum absolute atomic E-state index is 12.4. The van der Waals surface area contributed by atoms with Crippen molar-refractivity contribution in [2.45, 2.75) is 52.3 Å². The smallest absolute Gasteiger partial charge is 0.157 e. The van der Waals surface area contributed by atoms with Crippen LogP contribution in [0.1, 0.15) is 50.4 Å². The second kappa shape index (κ2) is 6.27. The Morgan fingerprint density at radius 3 is 2.00 bits per heavy atom. The topological polar surface area (TPSA) is 46.2 Å². The van der Waals surface area contributed by atoms with E-state index < -0.39 is 14.6 Å². The van der Waals surface area contributed by atoms with E-state index in [9.17, 15) is 8.42 Å². The van der Waals surface area contributed by atoms with Crippen LogP contribution in [0.15, 0.2) is 18.2 Å². The van der Waals surface area contributed by atoms with Crippen molar-refractivity contribution in [2.75, 3.05) is 12.3 Å². The normalized spacial score (nSPS) is 14.3. The van der Waals surface area contributed by atoms with Gasteiger partial charge < -0.3 is 5.32 Å². The van der Waals surface area contributed by atoms with Gasteiger partial charge in [0, 0.05) is 6.04 Å². The molecule has 0 aromatic heterocycles. The lowest BCUT2D eigenvalue weighted by atomic mass is 10.0. The second-order valence-corrected chi connectivity index (χ2v) is 9.21. The lowest BCUT2D eigenvalue weighted by Gasteiger charge is -2.25. The van der Waals surface area contributed by atoms with Gasteiger partial charge in [0.2, 0.25) is 0 Å². The third-order valence-corrected chi connectivity index (χ3v) is 6.05. The van der Waals surface area contributed by atoms with E-state index in [1.165, 1.54) is 0 Å². The van der Waals surface area contributed by atoms with Gasteiger partial charge in [-0.2, -0.15) is 0 Å². The van der Waals surface area contributed by atoms with Gasteiger partial charge in [0.25, 0.3) is 0 Å². The summed E-state index contributed by atoms with van der Waals surface area (Å²) in [6.07, 6.45) is 0. The van der Waals surface area contributed by atoms with E-state index in [1.54, 1.807) is 20.8 Å². The first kappa shape index (κ1) is 17.2. The minimum absolute atomic E-state index is 0.132. The number of nitrogens with one attached hydrogen (secondary N) is 1. The van der Waals surface area contributed by atoms with Crippen molar-refractivity contribution < 1.29 is 8.42 Å². The van der Waals surface area contributed by atoms with E-state index in [0.29, 0.717) is 0 Å². The third-order valence-electron chi connectivity index (χ3n) is 3.42. The lowest BCUT2D eigenvalue weighted by Crippen LogP contribution is -2.37. The molecule has 0 saturated heterocycles. The first-order valence-corrected chi connectivity index (χ1v) is 8.76. The van der Waals surface area contributed by atoms with E-state index in [4.69, 9.17) is 0 Å². The molecule has 1 rings (SSSR count). The number of hydrogen-bond donors (Lipinski definition) is 1. The van der Waals surface area contributed by atoms with E-state index >= 15 is 0 Å². The SMILES string of the molecule is CCNC(CS(=O)(=O)C(C)(C)C)c1cc(C)cc(C)c1. The quantitative estimate of drug-likeness (QED) is 0.908. The van der Waals surface area contributed by atoms with Gasteiger partial charge in [-0.15, -0.1) is 0 Å². The molecule has 1 aromatic rings. The average Bonchev–Trinajstić information content (AvgIpc) is 2.25. The molecule has 0 aliphatic carbocycles. The maximum Gasteiger partial charge on any atom is 0.157 e. The van der Waals surface area contributed by atoms with Crippen LogP contribution in [0.2, 0.25) is 0 Å². The highest BCUT2D eigenvalue weighted by Crippen LogP contribution is 2.24. The number of sulfone groups is 1. The molecule has 114 valence electrons. The Balaban J connectivity index is 3.13. The van der Waals surface area contributed by atoms with Gasteiger partial charge in [0.1, 0.15) is 0 Å². The predicted molar refractivity (Wildman–Crippen MR) is 85.9 cm³/mol. The molecule has 0 saturated carbocycles. The Morgan fingerprint density at radius 2 is 1.60 bits per heavy atom. The summed E-state index contributed by atoms with van der Waals surface area (Å²) in [7, 11) is -3.16. The molecule has 3 nitrogen and oxygen atoms in total. The van der Waals surface area contributed by atoms with Gasteiger partial charge in [-0.25, -0.2) is 8.42 Å². The summed E-state index contributed by atoms with van der Waals surface area (Å²) in [6.45, 7) is 12.1. The van der Waals surface area contributed by atoms with Crippen LogP contribution >= 0.6 is 0 Å². The Kier molecular flexibility index (Phi) is 5.39. The van der Waals surface area contributed by atoms with Crippen molar-refractivity contribution >= 4 is 9.84 Å². The summed E-state index contributed by atoms with van der Waals surface area (Å²) < 4.78 is 24.2. The summed E-state index contributed by atoms with van der Waals surface area (Å²) in [5.74, 6) is 0.132. The molecule has 0 aliphatic rings. The molecule has 20 heavy (non-hydrogen) atoms. The Hall–Kier alpha value is -0.870. The van der Waals surface area contributed by atoms with Gasteiger partial charge in [0.15, 0.2) is 9.84 Å². The van der Waals surface area contributed by atoms with Gasteiger partial charge in [0.05, 0.1) is 10.5 Å². The van der Waals surface area contributed by atoms with Crippen LogP contribution in [-0.2, 0) is 9.84 Å². The highest BCUT2D eigenvalue weighted by atomic mass is 32.2. The minimum atomic E-state index is -3.16. The Labute approximate surface area is 123 Å². The van der Waals surface area contributed by atoms with E-state index in [1.807, 2.05) is 20.8 Å². The summed E-state index contributed by atoms with van der Waals surface area (Å²) in [5.41, 5.74) is 3.38. The van der Waals surface area contributed by atoms with Crippen LogP contribution in [0.4, 0.5) is 0 Å². The molecule has 1 unspecified atom stereocenters. The van der Waals surface area contributed by atoms with Crippen molar-refractivity contribution in [3.05, 3.63) is 34.9 Å². The summed E-state index contributed by atoms with van der Waals surface area (Å²) in [6, 6.07) is 6.09. The molecule has 0 amide bonds. The van der Waals surface area contributed by atoms with Crippen molar-refractivity contribution in [1.29, 1.82) is 0 Å². The summed E-state index contributed by atoms with van der Waals surface area (Å²) >= 11 is 0. The fourth-order valence-electron chi connectivity index (χ4n) is 2.20. The molecule has 0 radical (unpaired) electrons. The minimum Gasteiger partial charge on any atom is -0.309 e. The molecule has 0 fully saturated rings. The van der Waals surface area contributed by atoms with Gasteiger partial charge in [-0.05, 0) is 46.7 Å². The Morgan fingerprint density at radius 1 is 1.10 bits per heavy atom. The molecular formula is C16H27NO2S. The molecule has 0 aliphatic heterocycles. The lowest BCUT2D eigenvalue weighted by molar-refractivity contribution is 0.533. The van der Waals surface area contributed by atoms with Crippen molar-refractivity contribution in [1.82, 2.24) is 5.32 Å². The fourth-order valence-corrected chi connectivity index (χ4v) is 3.45. The van der Waals surface area contributed by atoms with Crippen LogP contribution in [0.3, 0.4) is 0 Å². The van der Waals surface area contributed by atoms with Gasteiger partial charge >= 0.3 is 0 Å². The highest BCUT2D eigenvalue weighted by molar-refractivity contribution is 7.92. The largest absolute Gasteiger partial charge is 0.309 e. The van der Waals surface area contributed by atoms with Crippen molar-refractivity contribution in [3.8, 4) is 0 Å². The second-order valence-electron chi connectivity index (χ2n) is 6.43. The zero-order valence-corrected chi connectivity index (χ0v) is 14.3. The number of aryl methyl sites for hydroxylation is 2.